The van der Waals surface area contributed by atoms with Crippen LogP contribution in [-0.4, -0.2) is 11.6 Å². The molecule has 58 valence electrons. The van der Waals surface area contributed by atoms with E-state index < -0.39 is 0 Å². The first-order chi connectivity index (χ1) is 5.40. The van der Waals surface area contributed by atoms with Gasteiger partial charge in [0.2, 0.25) is 5.88 Å². The first kappa shape index (κ1) is 6.92. The van der Waals surface area contributed by atoms with Crippen LogP contribution in [0.3, 0.4) is 0 Å². The number of aromatic nitrogens is 1. The van der Waals surface area contributed by atoms with Crippen molar-refractivity contribution in [3.8, 4) is 5.88 Å². The van der Waals surface area contributed by atoms with Crippen molar-refractivity contribution < 1.29 is 4.74 Å². The Bertz CT molecular complexity index is 275. The summed E-state index contributed by atoms with van der Waals surface area (Å²) in [5, 5.41) is 0. The van der Waals surface area contributed by atoms with E-state index in [-0.39, 0.29) is 0 Å². The van der Waals surface area contributed by atoms with E-state index in [0.717, 1.165) is 24.5 Å². The molecule has 1 aliphatic rings. The predicted molar refractivity (Wildman–Crippen MR) is 43.0 cm³/mol. The van der Waals surface area contributed by atoms with Gasteiger partial charge in [-0.05, 0) is 11.6 Å². The molecule has 2 nitrogen and oxygen atoms in total. The minimum Gasteiger partial charge on any atom is -0.477 e. The van der Waals surface area contributed by atoms with Gasteiger partial charge >= 0.3 is 0 Å². The standard InChI is InChI=1S/C8H8ClNO/c9-4-6-3-7-1-2-11-8(7)10-5-6/h3,5H,1-2,4H2. The summed E-state index contributed by atoms with van der Waals surface area (Å²) in [6.45, 7) is 0.758. The third-order valence-corrected chi connectivity index (χ3v) is 2.06. The van der Waals surface area contributed by atoms with Crippen molar-refractivity contribution in [3.05, 3.63) is 23.4 Å². The highest BCUT2D eigenvalue weighted by atomic mass is 35.5. The molecule has 2 heterocycles. The SMILES string of the molecule is ClCc1cnc2c(c1)CCO2. The summed E-state index contributed by atoms with van der Waals surface area (Å²) >= 11 is 5.65. The number of hydrogen-bond donors (Lipinski definition) is 0. The van der Waals surface area contributed by atoms with Crippen molar-refractivity contribution in [1.82, 2.24) is 4.98 Å². The average molecular weight is 170 g/mol. The van der Waals surface area contributed by atoms with Gasteiger partial charge in [0.05, 0.1) is 6.61 Å². The number of hydrogen-bond acceptors (Lipinski definition) is 2. The van der Waals surface area contributed by atoms with Crippen molar-refractivity contribution >= 4 is 11.6 Å². The van der Waals surface area contributed by atoms with Crippen LogP contribution in [0, 0.1) is 0 Å². The molecule has 11 heavy (non-hydrogen) atoms. The molecule has 0 aromatic carbocycles. The monoisotopic (exact) mass is 169 g/mol. The summed E-state index contributed by atoms with van der Waals surface area (Å²) in [6.07, 6.45) is 2.73. The molecule has 0 unspecified atom stereocenters. The van der Waals surface area contributed by atoms with Crippen molar-refractivity contribution in [2.45, 2.75) is 12.3 Å². The Morgan fingerprint density at radius 2 is 2.55 bits per heavy atom. The number of fused-ring (bicyclic) bond motifs is 1. The predicted octanol–water partition coefficient (Wildman–Crippen LogP) is 1.76. The van der Waals surface area contributed by atoms with Crippen molar-refractivity contribution in [2.24, 2.45) is 0 Å². The van der Waals surface area contributed by atoms with Gasteiger partial charge in [0.25, 0.3) is 0 Å². The van der Waals surface area contributed by atoms with Gasteiger partial charge in [0.15, 0.2) is 0 Å². The van der Waals surface area contributed by atoms with Gasteiger partial charge in [0.1, 0.15) is 0 Å². The lowest BCUT2D eigenvalue weighted by Crippen LogP contribution is -1.87. The lowest BCUT2D eigenvalue weighted by atomic mass is 10.2. The smallest absolute Gasteiger partial charge is 0.216 e. The van der Waals surface area contributed by atoms with E-state index in [2.05, 4.69) is 11.1 Å². The Balaban J connectivity index is 2.41. The van der Waals surface area contributed by atoms with Crippen LogP contribution >= 0.6 is 11.6 Å². The van der Waals surface area contributed by atoms with E-state index in [1.54, 1.807) is 6.20 Å². The lowest BCUT2D eigenvalue weighted by Gasteiger charge is -1.98. The van der Waals surface area contributed by atoms with Gasteiger partial charge < -0.3 is 4.74 Å². The number of halogens is 1. The molecule has 3 heteroatoms. The quantitative estimate of drug-likeness (QED) is 0.598. The molecule has 1 aromatic heterocycles. The van der Waals surface area contributed by atoms with Crippen molar-refractivity contribution in [2.75, 3.05) is 6.61 Å². The third kappa shape index (κ3) is 1.18. The van der Waals surface area contributed by atoms with Crippen LogP contribution in [0.4, 0.5) is 0 Å². The second kappa shape index (κ2) is 2.70. The fourth-order valence-electron chi connectivity index (χ4n) is 1.19. The second-order valence-corrected chi connectivity index (χ2v) is 2.81. The Labute approximate surface area is 70.2 Å². The lowest BCUT2D eigenvalue weighted by molar-refractivity contribution is 0.345. The molecular weight excluding hydrogens is 162 g/mol. The molecule has 1 aliphatic heterocycles. The Morgan fingerprint density at radius 1 is 1.64 bits per heavy atom. The van der Waals surface area contributed by atoms with Crippen LogP contribution in [0.2, 0.25) is 0 Å². The summed E-state index contributed by atoms with van der Waals surface area (Å²) in [5.74, 6) is 1.30. The molecule has 0 bridgehead atoms. The van der Waals surface area contributed by atoms with Crippen molar-refractivity contribution in [1.29, 1.82) is 0 Å². The summed E-state index contributed by atoms with van der Waals surface area (Å²) in [4.78, 5) is 4.12. The minimum absolute atomic E-state index is 0.528. The first-order valence-electron chi connectivity index (χ1n) is 3.56. The van der Waals surface area contributed by atoms with Crippen LogP contribution in [0.1, 0.15) is 11.1 Å². The van der Waals surface area contributed by atoms with E-state index >= 15 is 0 Å². The summed E-state index contributed by atoms with van der Waals surface area (Å²) < 4.78 is 5.24. The van der Waals surface area contributed by atoms with Gasteiger partial charge in [-0.25, -0.2) is 4.98 Å². The third-order valence-electron chi connectivity index (χ3n) is 1.75. The Morgan fingerprint density at radius 3 is 3.36 bits per heavy atom. The topological polar surface area (TPSA) is 22.1 Å². The maximum Gasteiger partial charge on any atom is 0.216 e. The second-order valence-electron chi connectivity index (χ2n) is 2.54. The Kier molecular flexibility index (Phi) is 1.70. The minimum atomic E-state index is 0.528. The molecule has 0 saturated heterocycles. The molecule has 0 amide bonds. The molecule has 0 N–H and O–H groups in total. The van der Waals surface area contributed by atoms with Crippen LogP contribution in [0.15, 0.2) is 12.3 Å². The zero-order valence-electron chi connectivity index (χ0n) is 6.01. The number of alkyl halides is 1. The number of pyridine rings is 1. The molecule has 0 aliphatic carbocycles. The van der Waals surface area contributed by atoms with E-state index in [1.807, 2.05) is 0 Å². The maximum atomic E-state index is 5.65. The fourth-order valence-corrected chi connectivity index (χ4v) is 1.33. The largest absolute Gasteiger partial charge is 0.477 e. The highest BCUT2D eigenvalue weighted by molar-refractivity contribution is 6.17. The van der Waals surface area contributed by atoms with Crippen LogP contribution < -0.4 is 4.74 Å². The van der Waals surface area contributed by atoms with Gasteiger partial charge in [0, 0.05) is 24.1 Å². The molecule has 2 rings (SSSR count). The van der Waals surface area contributed by atoms with E-state index in [0.29, 0.717) is 5.88 Å². The molecule has 1 aromatic rings. The molecular formula is C8H8ClNO. The molecule has 0 fully saturated rings. The number of rotatable bonds is 1. The summed E-state index contributed by atoms with van der Waals surface area (Å²) in [6, 6.07) is 2.06. The zero-order valence-corrected chi connectivity index (χ0v) is 6.77. The molecule has 0 saturated carbocycles. The van der Waals surface area contributed by atoms with E-state index in [1.165, 1.54) is 5.56 Å². The highest BCUT2D eigenvalue weighted by Crippen LogP contribution is 2.22. The summed E-state index contributed by atoms with van der Waals surface area (Å²) in [5.41, 5.74) is 2.25. The Hall–Kier alpha value is -0.760. The normalized spacial score (nSPS) is 14.3. The van der Waals surface area contributed by atoms with Gasteiger partial charge in [-0.15, -0.1) is 11.6 Å². The molecule has 0 spiro atoms. The molecule has 0 atom stereocenters. The van der Waals surface area contributed by atoms with Crippen molar-refractivity contribution in [3.63, 3.8) is 0 Å². The zero-order chi connectivity index (χ0) is 7.68. The van der Waals surface area contributed by atoms with Gasteiger partial charge in [-0.1, -0.05) is 0 Å². The van der Waals surface area contributed by atoms with Crippen LogP contribution in [0.5, 0.6) is 5.88 Å². The molecule has 0 radical (unpaired) electrons. The number of ether oxygens (including phenoxy) is 1. The van der Waals surface area contributed by atoms with Gasteiger partial charge in [-0.3, -0.25) is 0 Å². The number of nitrogens with zero attached hydrogens (tertiary/aromatic N) is 1. The summed E-state index contributed by atoms with van der Waals surface area (Å²) in [7, 11) is 0. The van der Waals surface area contributed by atoms with Crippen LogP contribution in [-0.2, 0) is 12.3 Å². The first-order valence-corrected chi connectivity index (χ1v) is 4.10. The van der Waals surface area contributed by atoms with Gasteiger partial charge in [-0.2, -0.15) is 0 Å². The highest BCUT2D eigenvalue weighted by Gasteiger charge is 2.12. The fraction of sp³-hybridized carbons (Fsp3) is 0.375. The maximum absolute atomic E-state index is 5.65. The van der Waals surface area contributed by atoms with Crippen LogP contribution in [0.25, 0.3) is 0 Å². The average Bonchev–Trinajstić information content (AvgIpc) is 2.50. The van der Waals surface area contributed by atoms with E-state index in [4.69, 9.17) is 16.3 Å². The van der Waals surface area contributed by atoms with E-state index in [9.17, 15) is 0 Å².